The Morgan fingerprint density at radius 1 is 1.33 bits per heavy atom. The topological polar surface area (TPSA) is 63.2 Å². The lowest BCUT2D eigenvalue weighted by Gasteiger charge is -2.14. The summed E-state index contributed by atoms with van der Waals surface area (Å²) in [4.78, 5) is 16.1. The third kappa shape index (κ3) is 6.32. The second-order valence-electron chi connectivity index (χ2n) is 5.00. The van der Waals surface area contributed by atoms with E-state index in [1.165, 1.54) is 0 Å². The van der Waals surface area contributed by atoms with Gasteiger partial charge in [0.25, 0.3) is 5.91 Å². The van der Waals surface area contributed by atoms with Crippen LogP contribution in [0.3, 0.4) is 0 Å². The zero-order valence-corrected chi connectivity index (χ0v) is 15.9. The van der Waals surface area contributed by atoms with Crippen LogP contribution in [0, 0.1) is 0 Å². The maximum absolute atomic E-state index is 11.8. The molecule has 1 amide bonds. The Morgan fingerprint density at radius 3 is 2.79 bits per heavy atom. The first-order valence-corrected chi connectivity index (χ1v) is 7.65. The molecule has 5 nitrogen and oxygen atoms in total. The summed E-state index contributed by atoms with van der Waals surface area (Å²) < 4.78 is 5.57. The van der Waals surface area contributed by atoms with Gasteiger partial charge in [-0.3, -0.25) is 9.78 Å². The van der Waals surface area contributed by atoms with Gasteiger partial charge in [-0.2, -0.15) is 0 Å². The van der Waals surface area contributed by atoms with Crippen molar-refractivity contribution in [3.05, 3.63) is 35.5 Å². The van der Waals surface area contributed by atoms with Crippen LogP contribution in [0.4, 0.5) is 0 Å². The maximum atomic E-state index is 11.8. The summed E-state index contributed by atoms with van der Waals surface area (Å²) in [5.41, 5.74) is 0.656. The Kier molecular flexibility index (Phi) is 10.7. The average molecular weight is 395 g/mol. The number of amides is 1. The molecular formula is C16H22Cl3N3O2. The fourth-order valence-corrected chi connectivity index (χ4v) is 2.33. The van der Waals surface area contributed by atoms with E-state index in [1.54, 1.807) is 18.3 Å². The molecule has 8 heteroatoms. The van der Waals surface area contributed by atoms with Crippen LogP contribution in [0.25, 0.3) is 10.9 Å². The summed E-state index contributed by atoms with van der Waals surface area (Å²) in [6.45, 7) is 5.43. The zero-order valence-electron chi connectivity index (χ0n) is 13.5. The summed E-state index contributed by atoms with van der Waals surface area (Å²) in [6, 6.07) is 7.38. The number of ether oxygens (including phenoxy) is 1. The molecule has 1 aromatic carbocycles. The number of halogens is 3. The van der Waals surface area contributed by atoms with Crippen molar-refractivity contribution in [2.24, 2.45) is 0 Å². The Balaban J connectivity index is 0.00000264. The molecule has 2 aromatic rings. The summed E-state index contributed by atoms with van der Waals surface area (Å²) in [5, 5.41) is 7.47. The van der Waals surface area contributed by atoms with Crippen molar-refractivity contribution in [2.45, 2.75) is 19.9 Å². The SMILES string of the molecule is CCN[C@H](C)CNC(=O)COc1ccc(Cl)c2cccnc12.Cl.Cl. The van der Waals surface area contributed by atoms with Gasteiger partial charge in [0.05, 0.1) is 5.02 Å². The molecule has 0 unspecified atom stereocenters. The smallest absolute Gasteiger partial charge is 0.257 e. The standard InChI is InChI=1S/C16H20ClN3O2.2ClH/c1-3-18-11(2)9-20-15(21)10-22-14-7-6-13(17)12-5-4-8-19-16(12)14;;/h4-8,11,18H,3,9-10H2,1-2H3,(H,20,21);2*1H/t11-;;/m1../s1. The van der Waals surface area contributed by atoms with Gasteiger partial charge in [0, 0.05) is 24.2 Å². The van der Waals surface area contributed by atoms with Gasteiger partial charge >= 0.3 is 0 Å². The molecule has 0 bridgehead atoms. The lowest BCUT2D eigenvalue weighted by atomic mass is 10.2. The molecular weight excluding hydrogens is 373 g/mol. The lowest BCUT2D eigenvalue weighted by molar-refractivity contribution is -0.123. The van der Waals surface area contributed by atoms with E-state index in [-0.39, 0.29) is 43.4 Å². The van der Waals surface area contributed by atoms with Crippen molar-refractivity contribution < 1.29 is 9.53 Å². The van der Waals surface area contributed by atoms with E-state index in [9.17, 15) is 4.79 Å². The van der Waals surface area contributed by atoms with Crippen LogP contribution in [0.2, 0.25) is 5.02 Å². The number of benzene rings is 1. The molecule has 0 saturated carbocycles. The number of hydrogen-bond donors (Lipinski definition) is 2. The Morgan fingerprint density at radius 2 is 2.08 bits per heavy atom. The monoisotopic (exact) mass is 393 g/mol. The molecule has 0 fully saturated rings. The highest BCUT2D eigenvalue weighted by molar-refractivity contribution is 6.35. The fourth-order valence-electron chi connectivity index (χ4n) is 2.11. The van der Waals surface area contributed by atoms with Crippen LogP contribution >= 0.6 is 36.4 Å². The number of hydrogen-bond acceptors (Lipinski definition) is 4. The fraction of sp³-hybridized carbons (Fsp3) is 0.375. The number of carbonyl (C=O) groups excluding carboxylic acids is 1. The molecule has 0 aliphatic carbocycles. The van der Waals surface area contributed by atoms with Crippen LogP contribution in [0.1, 0.15) is 13.8 Å². The molecule has 134 valence electrons. The summed E-state index contributed by atoms with van der Waals surface area (Å²) in [6.07, 6.45) is 1.67. The Bertz CT molecular complexity index is 656. The molecule has 0 spiro atoms. The highest BCUT2D eigenvalue weighted by atomic mass is 35.5. The molecule has 24 heavy (non-hydrogen) atoms. The summed E-state index contributed by atoms with van der Waals surface area (Å²) >= 11 is 6.12. The van der Waals surface area contributed by atoms with Crippen LogP contribution in [-0.4, -0.2) is 36.6 Å². The number of fused-ring (bicyclic) bond motifs is 1. The molecule has 0 aliphatic heterocycles. The van der Waals surface area contributed by atoms with Crippen LogP contribution < -0.4 is 15.4 Å². The quantitative estimate of drug-likeness (QED) is 0.757. The molecule has 1 atom stereocenters. The number of rotatable bonds is 7. The highest BCUT2D eigenvalue weighted by Crippen LogP contribution is 2.29. The van der Waals surface area contributed by atoms with Crippen molar-refractivity contribution in [3.8, 4) is 5.75 Å². The van der Waals surface area contributed by atoms with Gasteiger partial charge in [-0.25, -0.2) is 0 Å². The molecule has 2 N–H and O–H groups in total. The Hall–Kier alpha value is -1.27. The summed E-state index contributed by atoms with van der Waals surface area (Å²) in [5.74, 6) is 0.388. The predicted molar refractivity (Wildman–Crippen MR) is 103 cm³/mol. The number of likely N-dealkylation sites (N-methyl/N-ethyl adjacent to an activating group) is 1. The first kappa shape index (κ1) is 22.7. The highest BCUT2D eigenvalue weighted by Gasteiger charge is 2.09. The second-order valence-corrected chi connectivity index (χ2v) is 5.40. The molecule has 1 aromatic heterocycles. The van der Waals surface area contributed by atoms with Crippen molar-refractivity contribution in [3.63, 3.8) is 0 Å². The average Bonchev–Trinajstić information content (AvgIpc) is 2.53. The number of nitrogens with one attached hydrogen (secondary N) is 2. The lowest BCUT2D eigenvalue weighted by Crippen LogP contribution is -2.40. The van der Waals surface area contributed by atoms with Crippen molar-refractivity contribution in [1.82, 2.24) is 15.6 Å². The van der Waals surface area contributed by atoms with E-state index in [2.05, 4.69) is 15.6 Å². The third-order valence-corrected chi connectivity index (χ3v) is 3.53. The largest absolute Gasteiger partial charge is 0.481 e. The van der Waals surface area contributed by atoms with Crippen molar-refractivity contribution in [1.29, 1.82) is 0 Å². The van der Waals surface area contributed by atoms with Crippen LogP contribution in [-0.2, 0) is 4.79 Å². The minimum Gasteiger partial charge on any atom is -0.481 e. The first-order chi connectivity index (χ1) is 10.6. The van der Waals surface area contributed by atoms with Gasteiger partial charge in [0.1, 0.15) is 11.3 Å². The van der Waals surface area contributed by atoms with E-state index in [0.29, 0.717) is 22.8 Å². The second kappa shape index (κ2) is 11.3. The minimum absolute atomic E-state index is 0. The van der Waals surface area contributed by atoms with Crippen LogP contribution in [0.5, 0.6) is 5.75 Å². The predicted octanol–water partition coefficient (Wildman–Crippen LogP) is 3.22. The summed E-state index contributed by atoms with van der Waals surface area (Å²) in [7, 11) is 0. The Labute approximate surface area is 159 Å². The molecule has 1 heterocycles. The number of aromatic nitrogens is 1. The van der Waals surface area contributed by atoms with Gasteiger partial charge in [-0.1, -0.05) is 18.5 Å². The number of pyridine rings is 1. The van der Waals surface area contributed by atoms with Crippen molar-refractivity contribution in [2.75, 3.05) is 19.7 Å². The van der Waals surface area contributed by atoms with E-state index in [4.69, 9.17) is 16.3 Å². The van der Waals surface area contributed by atoms with Crippen molar-refractivity contribution >= 4 is 53.2 Å². The van der Waals surface area contributed by atoms with Gasteiger partial charge in [-0.05, 0) is 37.7 Å². The molecule has 2 rings (SSSR count). The van der Waals surface area contributed by atoms with Gasteiger partial charge in [0.2, 0.25) is 0 Å². The minimum atomic E-state index is -0.163. The molecule has 0 saturated heterocycles. The number of carbonyl (C=O) groups is 1. The molecule has 0 aliphatic rings. The third-order valence-electron chi connectivity index (χ3n) is 3.20. The first-order valence-electron chi connectivity index (χ1n) is 7.28. The van der Waals surface area contributed by atoms with Gasteiger partial charge < -0.3 is 15.4 Å². The normalized spacial score (nSPS) is 11.1. The molecule has 0 radical (unpaired) electrons. The van der Waals surface area contributed by atoms with E-state index in [0.717, 1.165) is 11.9 Å². The zero-order chi connectivity index (χ0) is 15.9. The number of nitrogens with zero attached hydrogens (tertiary/aromatic N) is 1. The maximum Gasteiger partial charge on any atom is 0.257 e. The van der Waals surface area contributed by atoms with E-state index in [1.807, 2.05) is 26.0 Å². The van der Waals surface area contributed by atoms with E-state index >= 15 is 0 Å². The van der Waals surface area contributed by atoms with Gasteiger partial charge in [-0.15, -0.1) is 24.8 Å². The van der Waals surface area contributed by atoms with Gasteiger partial charge in [0.15, 0.2) is 6.61 Å². The van der Waals surface area contributed by atoms with E-state index < -0.39 is 0 Å². The van der Waals surface area contributed by atoms with Crippen LogP contribution in [0.15, 0.2) is 30.5 Å².